The maximum atomic E-state index is 13.4. The maximum absolute atomic E-state index is 13.4. The number of methoxy groups -OCH3 is 3. The first-order valence-electron chi connectivity index (χ1n) is 13.3. The summed E-state index contributed by atoms with van der Waals surface area (Å²) in [6.07, 6.45) is 6.65. The van der Waals surface area contributed by atoms with Gasteiger partial charge >= 0.3 is 6.09 Å². The van der Waals surface area contributed by atoms with Gasteiger partial charge < -0.3 is 30.0 Å². The monoisotopic (exact) mass is 558 g/mol. The van der Waals surface area contributed by atoms with Gasteiger partial charge in [-0.2, -0.15) is 0 Å². The van der Waals surface area contributed by atoms with Gasteiger partial charge in [-0.25, -0.2) is 4.79 Å². The number of fused-ring (bicyclic) bond motifs is 2. The highest BCUT2D eigenvalue weighted by Gasteiger charge is 2.36. The molecule has 2 bridgehead atoms. The van der Waals surface area contributed by atoms with Gasteiger partial charge in [-0.3, -0.25) is 14.4 Å². The van der Waals surface area contributed by atoms with Crippen LogP contribution in [-0.4, -0.2) is 69.3 Å². The van der Waals surface area contributed by atoms with Gasteiger partial charge in [0, 0.05) is 50.4 Å². The summed E-state index contributed by atoms with van der Waals surface area (Å²) in [5, 5.41) is 2.56. The van der Waals surface area contributed by atoms with Crippen LogP contribution in [0.25, 0.3) is 0 Å². The third-order valence-corrected chi connectivity index (χ3v) is 7.29. The second-order valence-corrected chi connectivity index (χ2v) is 10.4. The number of ether oxygens (including phenoxy) is 4. The van der Waals surface area contributed by atoms with Crippen LogP contribution < -0.4 is 11.1 Å². The standard InChI is InChI=1S/C30H42N2O8/c1-16-10-9-11-17(2)29(35)32-23-15-21(33)14-22(25(23)34)27(38-7)20(5)13-24(37-6)28(39-8)19(4)12-18(3)26(16)40-30(31)36/h9-12,14-16,19-20,24,26-28H,13H2,1-8H3,(H2,31,36)(H,32,35)/b10-9-,17-11-,18-12-/t16-,19+,20-,24+,26?,27+,28-/m0/s1. The number of amides is 2. The van der Waals surface area contributed by atoms with Crippen LogP contribution in [0.3, 0.4) is 0 Å². The Morgan fingerprint density at radius 3 is 2.20 bits per heavy atom. The summed E-state index contributed by atoms with van der Waals surface area (Å²) < 4.78 is 22.9. The summed E-state index contributed by atoms with van der Waals surface area (Å²) in [5.41, 5.74) is 6.49. The lowest BCUT2D eigenvalue weighted by atomic mass is 9.83. The lowest BCUT2D eigenvalue weighted by Gasteiger charge is -2.34. The van der Waals surface area contributed by atoms with Crippen molar-refractivity contribution >= 4 is 23.6 Å². The largest absolute Gasteiger partial charge is 0.441 e. The minimum absolute atomic E-state index is 0.119. The normalized spacial score (nSPS) is 34.4. The number of carbonyl (C=O) groups is 4. The fraction of sp³-hybridized carbons (Fsp3) is 0.533. The van der Waals surface area contributed by atoms with Gasteiger partial charge in [0.15, 0.2) is 5.78 Å². The van der Waals surface area contributed by atoms with Gasteiger partial charge in [0.05, 0.1) is 24.0 Å². The highest BCUT2D eigenvalue weighted by Crippen LogP contribution is 2.30. The maximum Gasteiger partial charge on any atom is 0.405 e. The summed E-state index contributed by atoms with van der Waals surface area (Å²) in [6.45, 7) is 9.17. The Bertz CT molecular complexity index is 1130. The predicted octanol–water partition coefficient (Wildman–Crippen LogP) is 3.33. The second-order valence-electron chi connectivity index (χ2n) is 10.4. The Balaban J connectivity index is 2.62. The molecule has 0 aromatic carbocycles. The summed E-state index contributed by atoms with van der Waals surface area (Å²) in [6, 6.07) is 0. The number of ketones is 2. The van der Waals surface area contributed by atoms with Crippen LogP contribution >= 0.6 is 0 Å². The zero-order chi connectivity index (χ0) is 30.1. The van der Waals surface area contributed by atoms with Crippen LogP contribution in [0.4, 0.5) is 4.79 Å². The Morgan fingerprint density at radius 2 is 1.62 bits per heavy atom. The third-order valence-electron chi connectivity index (χ3n) is 7.29. The van der Waals surface area contributed by atoms with Crippen molar-refractivity contribution in [3.63, 3.8) is 0 Å². The molecule has 0 aromatic heterocycles. The van der Waals surface area contributed by atoms with E-state index < -0.39 is 48.0 Å². The van der Waals surface area contributed by atoms with E-state index in [0.717, 1.165) is 11.6 Å². The lowest BCUT2D eigenvalue weighted by Crippen LogP contribution is -2.40. The van der Waals surface area contributed by atoms with Crippen molar-refractivity contribution in [1.29, 1.82) is 0 Å². The number of carbonyl (C=O) groups excluding carboxylic acids is 4. The van der Waals surface area contributed by atoms with Gasteiger partial charge in [0.25, 0.3) is 5.91 Å². The smallest absolute Gasteiger partial charge is 0.405 e. The van der Waals surface area contributed by atoms with E-state index in [-0.39, 0.29) is 29.0 Å². The quantitative estimate of drug-likeness (QED) is 0.395. The van der Waals surface area contributed by atoms with Crippen LogP contribution in [0.15, 0.2) is 58.9 Å². The molecule has 0 radical (unpaired) electrons. The summed E-state index contributed by atoms with van der Waals surface area (Å²) >= 11 is 0. The highest BCUT2D eigenvalue weighted by atomic mass is 16.6. The highest BCUT2D eigenvalue weighted by molar-refractivity contribution is 6.22. The SMILES string of the molecule is CO[C@H]1[C@H](C)/C=C(/C)C(OC(N)=O)[C@@H](C)/C=C\C=C(\C)C(=O)NC2=CC(=O)C=C(C2=O)[C@H](OC)[C@@H](C)C[C@H]1OC. The average molecular weight is 559 g/mol. The molecule has 7 atom stereocenters. The van der Waals surface area contributed by atoms with E-state index >= 15 is 0 Å². The van der Waals surface area contributed by atoms with E-state index in [1.165, 1.54) is 13.2 Å². The van der Waals surface area contributed by atoms with E-state index in [1.54, 1.807) is 39.4 Å². The van der Waals surface area contributed by atoms with E-state index in [0.29, 0.717) is 12.0 Å². The van der Waals surface area contributed by atoms with Crippen LogP contribution in [-0.2, 0) is 33.3 Å². The number of allylic oxidation sites excluding steroid dienone is 5. The molecule has 0 spiro atoms. The van der Waals surface area contributed by atoms with Crippen LogP contribution in [0.1, 0.15) is 41.0 Å². The average Bonchev–Trinajstić information content (AvgIpc) is 2.88. The Kier molecular flexibility index (Phi) is 12.2. The minimum Gasteiger partial charge on any atom is -0.441 e. The van der Waals surface area contributed by atoms with E-state index in [9.17, 15) is 19.2 Å². The van der Waals surface area contributed by atoms with Gasteiger partial charge in [-0.15, -0.1) is 0 Å². The van der Waals surface area contributed by atoms with Crippen molar-refractivity contribution < 1.29 is 38.1 Å². The number of primary amides is 1. The Morgan fingerprint density at radius 1 is 0.950 bits per heavy atom. The summed E-state index contributed by atoms with van der Waals surface area (Å²) in [5.74, 6) is -2.19. The van der Waals surface area contributed by atoms with E-state index in [2.05, 4.69) is 5.32 Å². The number of hydrogen-bond donors (Lipinski definition) is 2. The Labute approximate surface area is 236 Å². The number of nitrogens with two attached hydrogens (primary N) is 1. The van der Waals surface area contributed by atoms with Gasteiger partial charge in [-0.1, -0.05) is 45.1 Å². The molecule has 2 aliphatic rings. The first-order valence-corrected chi connectivity index (χ1v) is 13.3. The molecule has 10 nitrogen and oxygen atoms in total. The molecule has 1 unspecified atom stereocenters. The summed E-state index contributed by atoms with van der Waals surface area (Å²) in [4.78, 5) is 50.5. The fourth-order valence-corrected chi connectivity index (χ4v) is 5.27. The fourth-order valence-electron chi connectivity index (χ4n) is 5.27. The van der Waals surface area contributed by atoms with Crippen LogP contribution in [0.5, 0.6) is 0 Å². The van der Waals surface area contributed by atoms with E-state index in [1.807, 2.05) is 33.8 Å². The number of rotatable bonds is 4. The molecule has 3 N–H and O–H groups in total. The molecule has 2 amide bonds. The minimum atomic E-state index is -0.902. The molecule has 0 saturated heterocycles. The third kappa shape index (κ3) is 8.33. The van der Waals surface area contributed by atoms with E-state index in [4.69, 9.17) is 24.7 Å². The molecular formula is C30H42N2O8. The van der Waals surface area contributed by atoms with Crippen LogP contribution in [0.2, 0.25) is 0 Å². The molecule has 0 aromatic rings. The summed E-state index contributed by atoms with van der Waals surface area (Å²) in [7, 11) is 4.64. The number of Topliss-reactive ketones (excluding diaryl/α,β-unsaturated/α-hetero) is 1. The zero-order valence-electron chi connectivity index (χ0n) is 24.6. The molecule has 1 heterocycles. The van der Waals surface area contributed by atoms with Gasteiger partial charge in [-0.05, 0) is 37.8 Å². The molecule has 40 heavy (non-hydrogen) atoms. The van der Waals surface area contributed by atoms with Gasteiger partial charge in [0.1, 0.15) is 6.10 Å². The lowest BCUT2D eigenvalue weighted by molar-refractivity contribution is -0.120. The van der Waals surface area contributed by atoms with Crippen molar-refractivity contribution in [2.24, 2.45) is 23.5 Å². The van der Waals surface area contributed by atoms with Crippen molar-refractivity contribution in [3.8, 4) is 0 Å². The molecular weight excluding hydrogens is 516 g/mol. The molecule has 0 fully saturated rings. The molecule has 10 heteroatoms. The van der Waals surface area contributed by atoms with Crippen molar-refractivity contribution in [3.05, 3.63) is 58.9 Å². The first kappa shape index (κ1) is 32.9. The number of hydrogen-bond acceptors (Lipinski definition) is 8. The predicted molar refractivity (Wildman–Crippen MR) is 150 cm³/mol. The van der Waals surface area contributed by atoms with Crippen molar-refractivity contribution in [2.75, 3.05) is 21.3 Å². The van der Waals surface area contributed by atoms with Gasteiger partial charge in [0.2, 0.25) is 5.78 Å². The molecule has 220 valence electrons. The molecule has 1 aliphatic carbocycles. The van der Waals surface area contributed by atoms with Crippen LogP contribution in [0, 0.1) is 17.8 Å². The number of nitrogens with one attached hydrogen (secondary N) is 1. The second kappa shape index (κ2) is 14.9. The molecule has 0 saturated carbocycles. The van der Waals surface area contributed by atoms with Crippen molar-refractivity contribution in [2.45, 2.75) is 65.5 Å². The topological polar surface area (TPSA) is 143 Å². The molecule has 1 aliphatic heterocycles. The Hall–Kier alpha value is -3.34. The first-order chi connectivity index (χ1) is 18.8. The molecule has 2 rings (SSSR count). The van der Waals surface area contributed by atoms with Crippen molar-refractivity contribution in [1.82, 2.24) is 5.32 Å². The zero-order valence-corrected chi connectivity index (χ0v) is 24.6.